The van der Waals surface area contributed by atoms with E-state index in [0.717, 1.165) is 12.8 Å². The molecule has 3 heteroatoms. The standard InChI is InChI=1S/C12H19ClO2/c1-4-9-8-10(14)12(2,3)11(15-9)6-5-7-13/h4,9,11H,1,5-8H2,2-3H3/t9-,11-/m1/s1. The molecule has 15 heavy (non-hydrogen) atoms. The van der Waals surface area contributed by atoms with Gasteiger partial charge in [-0.15, -0.1) is 18.2 Å². The van der Waals surface area contributed by atoms with Crippen LogP contribution in [0.5, 0.6) is 0 Å². The lowest BCUT2D eigenvalue weighted by atomic mass is 9.76. The van der Waals surface area contributed by atoms with E-state index in [1.54, 1.807) is 6.08 Å². The van der Waals surface area contributed by atoms with E-state index in [1.165, 1.54) is 0 Å². The van der Waals surface area contributed by atoms with Crippen molar-refractivity contribution < 1.29 is 9.53 Å². The van der Waals surface area contributed by atoms with E-state index in [0.29, 0.717) is 12.3 Å². The number of rotatable bonds is 4. The van der Waals surface area contributed by atoms with Crippen LogP contribution in [0.3, 0.4) is 0 Å². The zero-order chi connectivity index (χ0) is 11.5. The van der Waals surface area contributed by atoms with Gasteiger partial charge in [-0.05, 0) is 12.8 Å². The number of Topliss-reactive ketones (excluding diaryl/α,β-unsaturated/α-hetero) is 1. The number of ketones is 1. The normalized spacial score (nSPS) is 30.2. The summed E-state index contributed by atoms with van der Waals surface area (Å²) in [5.41, 5.74) is -0.383. The van der Waals surface area contributed by atoms with Gasteiger partial charge in [0, 0.05) is 17.7 Å². The third-order valence-corrected chi connectivity index (χ3v) is 3.38. The Hall–Kier alpha value is -0.340. The van der Waals surface area contributed by atoms with E-state index >= 15 is 0 Å². The van der Waals surface area contributed by atoms with Crippen molar-refractivity contribution in [2.24, 2.45) is 5.41 Å². The molecule has 0 saturated carbocycles. The van der Waals surface area contributed by atoms with Crippen molar-refractivity contribution in [2.75, 3.05) is 5.88 Å². The fraction of sp³-hybridized carbons (Fsp3) is 0.750. The average molecular weight is 231 g/mol. The number of ether oxygens (including phenoxy) is 1. The van der Waals surface area contributed by atoms with Gasteiger partial charge in [0.05, 0.1) is 12.2 Å². The van der Waals surface area contributed by atoms with E-state index in [2.05, 4.69) is 6.58 Å². The Morgan fingerprint density at radius 3 is 2.87 bits per heavy atom. The zero-order valence-electron chi connectivity index (χ0n) is 9.46. The summed E-state index contributed by atoms with van der Waals surface area (Å²) in [7, 11) is 0. The molecule has 0 bridgehead atoms. The van der Waals surface area contributed by atoms with Gasteiger partial charge in [-0.25, -0.2) is 0 Å². The molecule has 0 aromatic carbocycles. The van der Waals surface area contributed by atoms with Crippen molar-refractivity contribution in [2.45, 2.75) is 45.3 Å². The Bertz CT molecular complexity index is 248. The van der Waals surface area contributed by atoms with Gasteiger partial charge < -0.3 is 4.74 Å². The highest BCUT2D eigenvalue weighted by Gasteiger charge is 2.42. The third kappa shape index (κ3) is 2.82. The topological polar surface area (TPSA) is 26.3 Å². The smallest absolute Gasteiger partial charge is 0.143 e. The molecule has 1 aliphatic heterocycles. The summed E-state index contributed by atoms with van der Waals surface area (Å²) >= 11 is 5.66. The molecule has 0 aromatic heterocycles. The second kappa shape index (κ2) is 5.13. The Labute approximate surface area is 96.6 Å². The molecule has 1 aliphatic rings. The van der Waals surface area contributed by atoms with Crippen LogP contribution in [-0.2, 0) is 9.53 Å². The minimum atomic E-state index is -0.383. The summed E-state index contributed by atoms with van der Waals surface area (Å²) in [6, 6.07) is 0. The predicted octanol–water partition coefficient (Wildman–Crippen LogP) is 2.94. The highest BCUT2D eigenvalue weighted by atomic mass is 35.5. The summed E-state index contributed by atoms with van der Waals surface area (Å²) in [5, 5.41) is 0. The van der Waals surface area contributed by atoms with Crippen molar-refractivity contribution in [1.82, 2.24) is 0 Å². The Morgan fingerprint density at radius 2 is 2.33 bits per heavy atom. The molecule has 0 spiro atoms. The first kappa shape index (κ1) is 12.7. The maximum Gasteiger partial charge on any atom is 0.143 e. The van der Waals surface area contributed by atoms with Gasteiger partial charge in [0.2, 0.25) is 0 Å². The van der Waals surface area contributed by atoms with Crippen LogP contribution in [0, 0.1) is 5.41 Å². The van der Waals surface area contributed by atoms with Crippen LogP contribution in [0.2, 0.25) is 0 Å². The number of hydrogen-bond acceptors (Lipinski definition) is 2. The van der Waals surface area contributed by atoms with Crippen molar-refractivity contribution in [3.05, 3.63) is 12.7 Å². The first-order valence-corrected chi connectivity index (χ1v) is 5.93. The van der Waals surface area contributed by atoms with Gasteiger partial charge in [0.1, 0.15) is 5.78 Å². The number of alkyl halides is 1. The molecule has 1 fully saturated rings. The van der Waals surface area contributed by atoms with Crippen LogP contribution in [-0.4, -0.2) is 23.9 Å². The fourth-order valence-electron chi connectivity index (χ4n) is 1.88. The first-order valence-electron chi connectivity index (χ1n) is 5.39. The van der Waals surface area contributed by atoms with Crippen molar-refractivity contribution in [3.63, 3.8) is 0 Å². The van der Waals surface area contributed by atoms with Gasteiger partial charge in [-0.2, -0.15) is 0 Å². The molecule has 86 valence electrons. The molecular weight excluding hydrogens is 212 g/mol. The van der Waals surface area contributed by atoms with Crippen LogP contribution in [0.25, 0.3) is 0 Å². The average Bonchev–Trinajstić information content (AvgIpc) is 2.20. The lowest BCUT2D eigenvalue weighted by Gasteiger charge is -2.40. The number of hydrogen-bond donors (Lipinski definition) is 0. The summed E-state index contributed by atoms with van der Waals surface area (Å²) in [6.45, 7) is 7.58. The van der Waals surface area contributed by atoms with Crippen molar-refractivity contribution >= 4 is 17.4 Å². The zero-order valence-corrected chi connectivity index (χ0v) is 10.2. The molecule has 0 N–H and O–H groups in total. The summed E-state index contributed by atoms with van der Waals surface area (Å²) in [5.74, 6) is 0.876. The van der Waals surface area contributed by atoms with Gasteiger partial charge in [0.15, 0.2) is 0 Å². The molecule has 0 amide bonds. The Morgan fingerprint density at radius 1 is 1.67 bits per heavy atom. The van der Waals surface area contributed by atoms with Crippen LogP contribution >= 0.6 is 11.6 Å². The Balaban J connectivity index is 2.70. The number of halogens is 1. The van der Waals surface area contributed by atoms with Gasteiger partial charge in [0.25, 0.3) is 0 Å². The van der Waals surface area contributed by atoms with Crippen LogP contribution < -0.4 is 0 Å². The van der Waals surface area contributed by atoms with Crippen LogP contribution in [0.4, 0.5) is 0 Å². The fourth-order valence-corrected chi connectivity index (χ4v) is 2.04. The summed E-state index contributed by atoms with van der Waals surface area (Å²) < 4.78 is 5.83. The van der Waals surface area contributed by atoms with Crippen molar-refractivity contribution in [3.8, 4) is 0 Å². The van der Waals surface area contributed by atoms with E-state index in [9.17, 15) is 4.79 Å². The summed E-state index contributed by atoms with van der Waals surface area (Å²) in [4.78, 5) is 11.9. The van der Waals surface area contributed by atoms with Gasteiger partial charge in [-0.1, -0.05) is 19.9 Å². The first-order chi connectivity index (χ1) is 7.02. The molecule has 0 aromatic rings. The molecule has 0 radical (unpaired) electrons. The van der Waals surface area contributed by atoms with Gasteiger partial charge in [-0.3, -0.25) is 4.79 Å². The minimum Gasteiger partial charge on any atom is -0.369 e. The largest absolute Gasteiger partial charge is 0.369 e. The maximum atomic E-state index is 11.9. The van der Waals surface area contributed by atoms with E-state index < -0.39 is 0 Å². The molecule has 1 heterocycles. The quantitative estimate of drug-likeness (QED) is 0.548. The van der Waals surface area contributed by atoms with E-state index in [4.69, 9.17) is 16.3 Å². The maximum absolute atomic E-state index is 11.9. The molecule has 2 nitrogen and oxygen atoms in total. The second-order valence-electron chi connectivity index (χ2n) is 4.58. The predicted molar refractivity (Wildman–Crippen MR) is 62.2 cm³/mol. The van der Waals surface area contributed by atoms with Crippen LogP contribution in [0.15, 0.2) is 12.7 Å². The highest BCUT2D eigenvalue weighted by Crippen LogP contribution is 2.35. The molecule has 1 rings (SSSR count). The lowest BCUT2D eigenvalue weighted by Crippen LogP contribution is -2.47. The van der Waals surface area contributed by atoms with E-state index in [1.807, 2.05) is 13.8 Å². The Kier molecular flexibility index (Phi) is 4.35. The molecule has 0 unspecified atom stereocenters. The minimum absolute atomic E-state index is 0.0273. The molecule has 2 atom stereocenters. The van der Waals surface area contributed by atoms with Crippen molar-refractivity contribution in [1.29, 1.82) is 0 Å². The second-order valence-corrected chi connectivity index (χ2v) is 4.96. The van der Waals surface area contributed by atoms with Crippen LogP contribution in [0.1, 0.15) is 33.1 Å². The molecule has 0 aliphatic carbocycles. The monoisotopic (exact) mass is 230 g/mol. The number of carbonyl (C=O) groups excluding carboxylic acids is 1. The van der Waals surface area contributed by atoms with Gasteiger partial charge >= 0.3 is 0 Å². The summed E-state index contributed by atoms with van der Waals surface area (Å²) in [6.07, 6.45) is 3.74. The third-order valence-electron chi connectivity index (χ3n) is 3.11. The SMILES string of the molecule is C=C[C@@H]1CC(=O)C(C)(C)[C@@H](CCCCl)O1. The lowest BCUT2D eigenvalue weighted by molar-refractivity contribution is -0.154. The highest BCUT2D eigenvalue weighted by molar-refractivity contribution is 6.17. The molecular formula is C12H19ClO2. The number of carbonyl (C=O) groups is 1. The van der Waals surface area contributed by atoms with E-state index in [-0.39, 0.29) is 23.4 Å². The molecule has 1 saturated heterocycles.